The Hall–Kier alpha value is -2.41. The summed E-state index contributed by atoms with van der Waals surface area (Å²) in [6, 6.07) is 10.6. The van der Waals surface area contributed by atoms with Crippen LogP contribution in [0.4, 0.5) is 8.78 Å². The molecule has 0 atom stereocenters. The molecule has 3 rings (SSSR count). The Bertz CT molecular complexity index is 912. The Balaban J connectivity index is 1.69. The summed E-state index contributed by atoms with van der Waals surface area (Å²) in [4.78, 5) is 0. The molecular formula is C19H19F2N3OS. The van der Waals surface area contributed by atoms with Crippen LogP contribution in [0.2, 0.25) is 0 Å². The largest absolute Gasteiger partial charge is 0.451 e. The topological polar surface area (TPSA) is 39.9 Å². The number of halogens is 2. The Morgan fingerprint density at radius 1 is 1.04 bits per heavy atom. The number of nitrogens with zero attached hydrogens (tertiary/aromatic N) is 3. The Kier molecular flexibility index (Phi) is 5.56. The lowest BCUT2D eigenvalue weighted by Gasteiger charge is -2.09. The van der Waals surface area contributed by atoms with Gasteiger partial charge in [0.05, 0.1) is 0 Å². The van der Waals surface area contributed by atoms with E-state index in [-0.39, 0.29) is 17.4 Å². The van der Waals surface area contributed by atoms with Crippen LogP contribution in [-0.4, -0.2) is 14.8 Å². The van der Waals surface area contributed by atoms with Gasteiger partial charge in [-0.05, 0) is 29.8 Å². The van der Waals surface area contributed by atoms with Crippen molar-refractivity contribution in [1.29, 1.82) is 0 Å². The normalized spacial score (nSPS) is 11.2. The molecule has 2 aromatic carbocycles. The summed E-state index contributed by atoms with van der Waals surface area (Å²) in [6.07, 6.45) is 0. The molecular weight excluding hydrogens is 356 g/mol. The lowest BCUT2D eigenvalue weighted by Crippen LogP contribution is -2.01. The number of hydrogen-bond acceptors (Lipinski definition) is 4. The zero-order valence-electron chi connectivity index (χ0n) is 14.7. The van der Waals surface area contributed by atoms with Crippen molar-refractivity contribution < 1.29 is 13.5 Å². The molecule has 7 heteroatoms. The third-order valence-electron chi connectivity index (χ3n) is 3.81. The second kappa shape index (κ2) is 7.86. The average Bonchev–Trinajstić information content (AvgIpc) is 2.98. The third kappa shape index (κ3) is 4.04. The van der Waals surface area contributed by atoms with Gasteiger partial charge in [0, 0.05) is 18.7 Å². The van der Waals surface area contributed by atoms with E-state index in [0.29, 0.717) is 5.75 Å². The van der Waals surface area contributed by atoms with Crippen LogP contribution in [-0.2, 0) is 12.8 Å². The van der Waals surface area contributed by atoms with E-state index in [2.05, 4.69) is 24.0 Å². The molecule has 1 aromatic heterocycles. The molecule has 0 spiro atoms. The van der Waals surface area contributed by atoms with Gasteiger partial charge in [0.15, 0.2) is 28.3 Å². The molecule has 0 aliphatic carbocycles. The summed E-state index contributed by atoms with van der Waals surface area (Å²) < 4.78 is 35.2. The fraction of sp³-hybridized carbons (Fsp3) is 0.263. The van der Waals surface area contributed by atoms with E-state index in [4.69, 9.17) is 4.74 Å². The molecule has 4 nitrogen and oxygen atoms in total. The minimum Gasteiger partial charge on any atom is -0.451 e. The highest BCUT2D eigenvalue weighted by Gasteiger charge is 2.13. The molecule has 3 aromatic rings. The smallest absolute Gasteiger partial charge is 0.191 e. The Morgan fingerprint density at radius 2 is 1.77 bits per heavy atom. The molecule has 136 valence electrons. The molecule has 0 saturated carbocycles. The Morgan fingerprint density at radius 3 is 2.42 bits per heavy atom. The van der Waals surface area contributed by atoms with Crippen molar-refractivity contribution >= 4 is 11.8 Å². The van der Waals surface area contributed by atoms with Gasteiger partial charge in [0.25, 0.3) is 0 Å². The highest BCUT2D eigenvalue weighted by molar-refractivity contribution is 7.98. The number of aromatic nitrogens is 3. The van der Waals surface area contributed by atoms with Crippen molar-refractivity contribution in [2.24, 2.45) is 7.05 Å². The first-order valence-corrected chi connectivity index (χ1v) is 9.17. The minimum atomic E-state index is -0.535. The maximum Gasteiger partial charge on any atom is 0.191 e. The van der Waals surface area contributed by atoms with E-state index in [9.17, 15) is 8.78 Å². The van der Waals surface area contributed by atoms with E-state index in [0.717, 1.165) is 16.5 Å². The SMILES string of the molecule is CC(C)c1nnc(SCc2ccc(Oc3ccccc3F)c(F)c2)n1C. The van der Waals surface area contributed by atoms with Crippen molar-refractivity contribution in [3.8, 4) is 11.5 Å². The summed E-state index contributed by atoms with van der Waals surface area (Å²) in [6.45, 7) is 4.12. The molecule has 0 N–H and O–H groups in total. The van der Waals surface area contributed by atoms with Gasteiger partial charge in [0.1, 0.15) is 5.82 Å². The molecule has 0 radical (unpaired) electrons. The van der Waals surface area contributed by atoms with Crippen LogP contribution >= 0.6 is 11.8 Å². The molecule has 0 aliphatic heterocycles. The first-order chi connectivity index (χ1) is 12.5. The third-order valence-corrected chi connectivity index (χ3v) is 4.90. The summed E-state index contributed by atoms with van der Waals surface area (Å²) in [5, 5.41) is 9.13. The molecule has 1 heterocycles. The second-order valence-electron chi connectivity index (χ2n) is 6.14. The first kappa shape index (κ1) is 18.4. The summed E-state index contributed by atoms with van der Waals surface area (Å²) in [5.41, 5.74) is 0.780. The molecule has 26 heavy (non-hydrogen) atoms. The summed E-state index contributed by atoms with van der Waals surface area (Å²) in [7, 11) is 1.92. The molecule has 0 unspecified atom stereocenters. The fourth-order valence-electron chi connectivity index (χ4n) is 2.47. The standard InChI is InChI=1S/C19H19F2N3OS/c1-12(2)18-22-23-19(24(18)3)26-11-13-8-9-17(15(21)10-13)25-16-7-5-4-6-14(16)20/h4-10,12H,11H2,1-3H3. The van der Waals surface area contributed by atoms with Crippen molar-refractivity contribution in [2.75, 3.05) is 0 Å². The zero-order chi connectivity index (χ0) is 18.7. The first-order valence-electron chi connectivity index (χ1n) is 8.18. The number of ether oxygens (including phenoxy) is 1. The van der Waals surface area contributed by atoms with Gasteiger partial charge in [-0.25, -0.2) is 8.78 Å². The van der Waals surface area contributed by atoms with Gasteiger partial charge in [0.2, 0.25) is 0 Å². The van der Waals surface area contributed by atoms with Crippen molar-refractivity contribution in [1.82, 2.24) is 14.8 Å². The van der Waals surface area contributed by atoms with Gasteiger partial charge >= 0.3 is 0 Å². The van der Waals surface area contributed by atoms with Crippen molar-refractivity contribution in [3.05, 3.63) is 65.5 Å². The van der Waals surface area contributed by atoms with Crippen LogP contribution in [0.25, 0.3) is 0 Å². The zero-order valence-corrected chi connectivity index (χ0v) is 15.6. The number of para-hydroxylation sites is 1. The van der Waals surface area contributed by atoms with Crippen molar-refractivity contribution in [3.63, 3.8) is 0 Å². The van der Waals surface area contributed by atoms with Crippen LogP contribution in [0, 0.1) is 11.6 Å². The van der Waals surface area contributed by atoms with Gasteiger partial charge in [-0.2, -0.15) is 0 Å². The monoisotopic (exact) mass is 375 g/mol. The van der Waals surface area contributed by atoms with E-state index < -0.39 is 11.6 Å². The highest BCUT2D eigenvalue weighted by Crippen LogP contribution is 2.29. The average molecular weight is 375 g/mol. The Labute approximate surface area is 155 Å². The summed E-state index contributed by atoms with van der Waals surface area (Å²) >= 11 is 1.48. The van der Waals surface area contributed by atoms with Crippen LogP contribution in [0.1, 0.15) is 31.2 Å². The van der Waals surface area contributed by atoms with Gasteiger partial charge < -0.3 is 9.30 Å². The van der Waals surface area contributed by atoms with Gasteiger partial charge in [-0.15, -0.1) is 10.2 Å². The number of benzene rings is 2. The van der Waals surface area contributed by atoms with Crippen LogP contribution in [0.5, 0.6) is 11.5 Å². The maximum atomic E-state index is 14.3. The van der Waals surface area contributed by atoms with Crippen LogP contribution in [0.3, 0.4) is 0 Å². The lowest BCUT2D eigenvalue weighted by atomic mass is 10.2. The molecule has 0 aliphatic rings. The van der Waals surface area contributed by atoms with E-state index in [1.165, 1.54) is 36.0 Å². The van der Waals surface area contributed by atoms with Crippen molar-refractivity contribution in [2.45, 2.75) is 30.7 Å². The predicted octanol–water partition coefficient (Wildman–Crippen LogP) is 5.30. The van der Waals surface area contributed by atoms with E-state index in [1.54, 1.807) is 18.2 Å². The molecule has 0 bridgehead atoms. The summed E-state index contributed by atoms with van der Waals surface area (Å²) in [5.74, 6) is 0.655. The minimum absolute atomic E-state index is 0.00572. The van der Waals surface area contributed by atoms with E-state index in [1.807, 2.05) is 11.6 Å². The van der Waals surface area contributed by atoms with Crippen LogP contribution in [0.15, 0.2) is 47.6 Å². The maximum absolute atomic E-state index is 14.3. The van der Waals surface area contributed by atoms with Gasteiger partial charge in [-0.3, -0.25) is 0 Å². The second-order valence-corrected chi connectivity index (χ2v) is 7.08. The van der Waals surface area contributed by atoms with E-state index >= 15 is 0 Å². The molecule has 0 saturated heterocycles. The number of rotatable bonds is 6. The lowest BCUT2D eigenvalue weighted by molar-refractivity contribution is 0.414. The number of thioether (sulfide) groups is 1. The van der Waals surface area contributed by atoms with Crippen LogP contribution < -0.4 is 4.74 Å². The predicted molar refractivity (Wildman–Crippen MR) is 97.5 cm³/mol. The molecule has 0 amide bonds. The number of hydrogen-bond donors (Lipinski definition) is 0. The highest BCUT2D eigenvalue weighted by atomic mass is 32.2. The van der Waals surface area contributed by atoms with Gasteiger partial charge in [-0.1, -0.05) is 43.8 Å². The fourth-order valence-corrected chi connectivity index (χ4v) is 3.33. The quantitative estimate of drug-likeness (QED) is 0.548. The molecule has 0 fully saturated rings.